The smallest absolute Gasteiger partial charge is 0.329 e. The highest BCUT2D eigenvalue weighted by atomic mass is 35.5. The molecule has 3 N–H and O–H groups in total. The van der Waals surface area contributed by atoms with Gasteiger partial charge in [-0.15, -0.1) is 0 Å². The molecule has 0 saturated carbocycles. The maximum absolute atomic E-state index is 12.4. The first kappa shape index (κ1) is 28.8. The molecule has 0 bridgehead atoms. The van der Waals surface area contributed by atoms with Gasteiger partial charge in [-0.05, 0) is 36.6 Å². The number of hydrogen-bond donors (Lipinski definition) is 3. The van der Waals surface area contributed by atoms with Crippen molar-refractivity contribution >= 4 is 75.1 Å². The summed E-state index contributed by atoms with van der Waals surface area (Å²) in [7, 11) is 3.57. The number of carbonyl (C=O) groups excluding carboxylic acids is 3. The fourth-order valence-electron chi connectivity index (χ4n) is 6.19. The number of piperidine rings is 1. The van der Waals surface area contributed by atoms with E-state index in [0.717, 1.165) is 41.7 Å². The summed E-state index contributed by atoms with van der Waals surface area (Å²) in [5, 5.41) is 15.1. The number of urea groups is 1. The average molecular weight is 630 g/mol. The summed E-state index contributed by atoms with van der Waals surface area (Å²) >= 11 is 6.46. The normalized spacial score (nSPS) is 20.1. The first-order valence-corrected chi connectivity index (χ1v) is 15.2. The van der Waals surface area contributed by atoms with Crippen LogP contribution in [0, 0.1) is 5.92 Å². The van der Waals surface area contributed by atoms with Gasteiger partial charge < -0.3 is 15.5 Å². The number of anilines is 6. The standard InChI is InChI=1S/C30H32ClN11O3/c1-16-15-41(29-33-14-21(31)26(37-29)35-19-10-17-11-25(44)39(2)27(17)32-13-19)8-6-22(16)34-18-4-5-20-23(12-18)40(3)38-28(20)42-9-7-24(43)36-30(42)45/h4-5,10,12-14,16,22,34H,6-9,11,15H2,1-3H3,(H,33,35,37)(H,36,43,45)/t16-,22-/m1/s1. The molecular weight excluding hydrogens is 598 g/mol. The van der Waals surface area contributed by atoms with E-state index in [1.165, 1.54) is 4.90 Å². The molecule has 2 atom stereocenters. The molecule has 0 radical (unpaired) electrons. The van der Waals surface area contributed by atoms with Crippen molar-refractivity contribution in [2.24, 2.45) is 13.0 Å². The van der Waals surface area contributed by atoms with Crippen LogP contribution in [0.2, 0.25) is 5.02 Å². The molecule has 2 fully saturated rings. The minimum Gasteiger partial charge on any atom is -0.382 e. The summed E-state index contributed by atoms with van der Waals surface area (Å²) in [5.41, 5.74) is 3.41. The van der Waals surface area contributed by atoms with Gasteiger partial charge in [0.2, 0.25) is 17.8 Å². The van der Waals surface area contributed by atoms with Crippen molar-refractivity contribution in [2.75, 3.05) is 52.0 Å². The summed E-state index contributed by atoms with van der Waals surface area (Å²) in [4.78, 5) is 55.0. The van der Waals surface area contributed by atoms with Gasteiger partial charge in [0, 0.05) is 62.8 Å². The van der Waals surface area contributed by atoms with Gasteiger partial charge in [-0.2, -0.15) is 10.1 Å². The second-order valence-corrected chi connectivity index (χ2v) is 12.1. The van der Waals surface area contributed by atoms with E-state index in [1.54, 1.807) is 29.0 Å². The van der Waals surface area contributed by atoms with Gasteiger partial charge in [0.05, 0.1) is 30.0 Å². The molecule has 1 aromatic carbocycles. The lowest BCUT2D eigenvalue weighted by Crippen LogP contribution is -2.49. The number of aromatic nitrogens is 5. The number of imide groups is 1. The Morgan fingerprint density at radius 3 is 2.67 bits per heavy atom. The van der Waals surface area contributed by atoms with Crippen LogP contribution in [0.25, 0.3) is 10.9 Å². The molecule has 45 heavy (non-hydrogen) atoms. The van der Waals surface area contributed by atoms with Crippen LogP contribution < -0.4 is 30.7 Å². The Hall–Kier alpha value is -4.98. The van der Waals surface area contributed by atoms with Crippen LogP contribution in [-0.2, 0) is 23.1 Å². The van der Waals surface area contributed by atoms with Gasteiger partial charge >= 0.3 is 6.03 Å². The third-order valence-corrected chi connectivity index (χ3v) is 8.93. The van der Waals surface area contributed by atoms with Crippen LogP contribution in [-0.4, -0.2) is 75.3 Å². The summed E-state index contributed by atoms with van der Waals surface area (Å²) in [6, 6.07) is 7.67. The molecule has 0 aliphatic carbocycles. The van der Waals surface area contributed by atoms with Gasteiger partial charge in [-0.1, -0.05) is 18.5 Å². The van der Waals surface area contributed by atoms with E-state index in [9.17, 15) is 14.4 Å². The maximum Gasteiger partial charge on any atom is 0.329 e. The quantitative estimate of drug-likeness (QED) is 0.289. The largest absolute Gasteiger partial charge is 0.382 e. The van der Waals surface area contributed by atoms with Crippen LogP contribution in [0.1, 0.15) is 25.3 Å². The predicted octanol–water partition coefficient (Wildman–Crippen LogP) is 3.45. The zero-order valence-electron chi connectivity index (χ0n) is 25.0. The number of pyridine rings is 1. The van der Waals surface area contributed by atoms with E-state index in [1.807, 2.05) is 31.3 Å². The summed E-state index contributed by atoms with van der Waals surface area (Å²) in [6.07, 6.45) is 4.69. The van der Waals surface area contributed by atoms with Gasteiger partial charge in [-0.3, -0.25) is 29.4 Å². The number of fused-ring (bicyclic) bond motifs is 2. The number of amides is 4. The highest BCUT2D eigenvalue weighted by Crippen LogP contribution is 2.33. The molecule has 0 unspecified atom stereocenters. The molecule has 4 amide bonds. The van der Waals surface area contributed by atoms with E-state index >= 15 is 0 Å². The van der Waals surface area contributed by atoms with Crippen LogP contribution in [0.5, 0.6) is 0 Å². The number of likely N-dealkylation sites (N-methyl/N-ethyl adjacent to an activating group) is 1. The Labute approximate surface area is 263 Å². The number of nitrogens with one attached hydrogen (secondary N) is 3. The molecule has 2 saturated heterocycles. The molecule has 14 nitrogen and oxygen atoms in total. The predicted molar refractivity (Wildman–Crippen MR) is 171 cm³/mol. The number of carbonyl (C=O) groups is 3. The fraction of sp³-hybridized carbons (Fsp3) is 0.367. The third-order valence-electron chi connectivity index (χ3n) is 8.65. The first-order chi connectivity index (χ1) is 21.6. The zero-order valence-corrected chi connectivity index (χ0v) is 25.8. The van der Waals surface area contributed by atoms with Crippen LogP contribution >= 0.6 is 11.6 Å². The number of benzene rings is 1. The van der Waals surface area contributed by atoms with Crippen molar-refractivity contribution in [1.82, 2.24) is 30.0 Å². The van der Waals surface area contributed by atoms with Crippen LogP contribution in [0.15, 0.2) is 36.7 Å². The van der Waals surface area contributed by atoms with E-state index in [0.29, 0.717) is 47.1 Å². The highest BCUT2D eigenvalue weighted by Gasteiger charge is 2.30. The number of nitrogens with zero attached hydrogens (tertiary/aromatic N) is 8. The average Bonchev–Trinajstić information content (AvgIpc) is 3.49. The summed E-state index contributed by atoms with van der Waals surface area (Å²) in [5.74, 6) is 2.28. The Kier molecular flexibility index (Phi) is 7.15. The molecular formula is C30H32ClN11O3. The lowest BCUT2D eigenvalue weighted by molar-refractivity contribution is -0.120. The van der Waals surface area contributed by atoms with E-state index in [-0.39, 0.29) is 30.2 Å². The highest BCUT2D eigenvalue weighted by molar-refractivity contribution is 6.32. The number of halogens is 1. The topological polar surface area (TPSA) is 154 Å². The molecule has 3 aliphatic heterocycles. The van der Waals surface area contributed by atoms with Crippen molar-refractivity contribution in [2.45, 2.75) is 32.2 Å². The van der Waals surface area contributed by atoms with Gasteiger partial charge in [-0.25, -0.2) is 14.8 Å². The Bertz CT molecular complexity index is 1860. The van der Waals surface area contributed by atoms with E-state index in [4.69, 9.17) is 16.6 Å². The van der Waals surface area contributed by atoms with Gasteiger partial charge in [0.25, 0.3) is 0 Å². The number of aryl methyl sites for hydroxylation is 1. The molecule has 0 spiro atoms. The van der Waals surface area contributed by atoms with Crippen LogP contribution in [0.3, 0.4) is 0 Å². The number of rotatable bonds is 6. The van der Waals surface area contributed by atoms with E-state index in [2.05, 4.69) is 42.8 Å². The number of hydrogen-bond acceptors (Lipinski definition) is 10. The van der Waals surface area contributed by atoms with Crippen molar-refractivity contribution in [3.8, 4) is 0 Å². The lowest BCUT2D eigenvalue weighted by atomic mass is 9.93. The molecule has 15 heteroatoms. The maximum atomic E-state index is 12.4. The minimum atomic E-state index is -0.451. The Morgan fingerprint density at radius 2 is 1.87 bits per heavy atom. The first-order valence-electron chi connectivity index (χ1n) is 14.8. The van der Waals surface area contributed by atoms with Gasteiger partial charge in [0.1, 0.15) is 10.8 Å². The molecule has 6 heterocycles. The van der Waals surface area contributed by atoms with E-state index < -0.39 is 6.03 Å². The zero-order chi connectivity index (χ0) is 31.4. The second kappa shape index (κ2) is 11.2. The Morgan fingerprint density at radius 1 is 1.02 bits per heavy atom. The SMILES string of the molecule is C[C@@H]1CN(c2ncc(Cl)c(Nc3cnc4c(c3)CC(=O)N4C)n2)CC[C@H]1Nc1ccc2c(N3CCC(=O)NC3=O)nn(C)c2c1. The van der Waals surface area contributed by atoms with Crippen molar-refractivity contribution in [3.63, 3.8) is 0 Å². The minimum absolute atomic E-state index is 0.0126. The lowest BCUT2D eigenvalue weighted by Gasteiger charge is -2.37. The van der Waals surface area contributed by atoms with Crippen LogP contribution in [0.4, 0.5) is 39.6 Å². The monoisotopic (exact) mass is 629 g/mol. The molecule has 4 aromatic rings. The van der Waals surface area contributed by atoms with Gasteiger partial charge in [0.15, 0.2) is 11.6 Å². The van der Waals surface area contributed by atoms with Crippen molar-refractivity contribution in [1.29, 1.82) is 0 Å². The molecule has 232 valence electrons. The fourth-order valence-corrected chi connectivity index (χ4v) is 6.33. The summed E-state index contributed by atoms with van der Waals surface area (Å²) < 4.78 is 1.76. The molecule has 3 aromatic heterocycles. The Balaban J connectivity index is 1.02. The molecule has 3 aliphatic rings. The van der Waals surface area contributed by atoms with Crippen molar-refractivity contribution < 1.29 is 14.4 Å². The van der Waals surface area contributed by atoms with Crippen molar-refractivity contribution in [3.05, 3.63) is 47.2 Å². The third kappa shape index (κ3) is 5.35. The summed E-state index contributed by atoms with van der Waals surface area (Å²) in [6.45, 7) is 3.99. The second-order valence-electron chi connectivity index (χ2n) is 11.7. The molecule has 7 rings (SSSR count).